The van der Waals surface area contributed by atoms with Gasteiger partial charge in [0.2, 0.25) is 5.88 Å². The standard InChI is InChI=1S/C16H27N3O2S/c1-5-16(6-2)12-19(7-8-22(16)20)14-9-17-10-15(18-14)21-11-13(3)4/h9-10,13H,5-8,11-12H2,1-4H3. The number of nitrogens with zero attached hydrogens (tertiary/aromatic N) is 3. The van der Waals surface area contributed by atoms with Crippen LogP contribution < -0.4 is 9.64 Å². The highest BCUT2D eigenvalue weighted by Gasteiger charge is 2.39. The Labute approximate surface area is 135 Å². The minimum Gasteiger partial charge on any atom is -0.476 e. The molecule has 1 aliphatic heterocycles. The maximum absolute atomic E-state index is 12.4. The molecule has 5 nitrogen and oxygen atoms in total. The Hall–Kier alpha value is -1.17. The van der Waals surface area contributed by atoms with Crippen LogP contribution in [0.1, 0.15) is 40.5 Å². The second-order valence-electron chi connectivity index (χ2n) is 6.28. The first kappa shape index (κ1) is 17.2. The van der Waals surface area contributed by atoms with Crippen molar-refractivity contribution in [3.05, 3.63) is 12.4 Å². The molecule has 0 aliphatic carbocycles. The molecular formula is C16H27N3O2S. The zero-order valence-corrected chi connectivity index (χ0v) is 14.9. The lowest BCUT2D eigenvalue weighted by Gasteiger charge is -2.41. The number of aromatic nitrogens is 2. The second-order valence-corrected chi connectivity index (χ2v) is 8.25. The largest absolute Gasteiger partial charge is 0.476 e. The minimum absolute atomic E-state index is 0.130. The van der Waals surface area contributed by atoms with Crippen LogP contribution in [0.3, 0.4) is 0 Å². The summed E-state index contributed by atoms with van der Waals surface area (Å²) in [6.45, 7) is 10.6. The Bertz CT molecular complexity index is 518. The summed E-state index contributed by atoms with van der Waals surface area (Å²) in [5.41, 5.74) is 0. The fraction of sp³-hybridized carbons (Fsp3) is 0.750. The van der Waals surface area contributed by atoms with E-state index in [4.69, 9.17) is 4.74 Å². The predicted octanol–water partition coefficient (Wildman–Crippen LogP) is 2.64. The number of hydrogen-bond donors (Lipinski definition) is 0. The van der Waals surface area contributed by atoms with E-state index < -0.39 is 10.8 Å². The SMILES string of the molecule is CCC1(CC)CN(c2cncc(OCC(C)C)n2)CCS1=O. The summed E-state index contributed by atoms with van der Waals surface area (Å²) in [5.74, 6) is 2.54. The van der Waals surface area contributed by atoms with Crippen molar-refractivity contribution in [1.29, 1.82) is 0 Å². The van der Waals surface area contributed by atoms with E-state index >= 15 is 0 Å². The van der Waals surface area contributed by atoms with E-state index in [2.05, 4.69) is 42.6 Å². The number of hydrogen-bond acceptors (Lipinski definition) is 5. The molecule has 1 fully saturated rings. The van der Waals surface area contributed by atoms with E-state index in [-0.39, 0.29) is 4.75 Å². The topological polar surface area (TPSA) is 55.3 Å². The van der Waals surface area contributed by atoms with Crippen LogP contribution in [0.15, 0.2) is 12.4 Å². The van der Waals surface area contributed by atoms with Gasteiger partial charge in [-0.05, 0) is 18.8 Å². The molecule has 1 unspecified atom stereocenters. The van der Waals surface area contributed by atoms with Crippen molar-refractivity contribution >= 4 is 16.6 Å². The molecule has 1 aromatic rings. The van der Waals surface area contributed by atoms with Crippen molar-refractivity contribution in [3.63, 3.8) is 0 Å². The average molecular weight is 325 g/mol. The maximum atomic E-state index is 12.4. The molecule has 0 bridgehead atoms. The lowest BCUT2D eigenvalue weighted by Crippen LogP contribution is -2.53. The Kier molecular flexibility index (Phi) is 5.78. The Morgan fingerprint density at radius 1 is 1.36 bits per heavy atom. The van der Waals surface area contributed by atoms with E-state index in [9.17, 15) is 4.21 Å². The summed E-state index contributed by atoms with van der Waals surface area (Å²) in [6, 6.07) is 0. The fourth-order valence-electron chi connectivity index (χ4n) is 2.71. The van der Waals surface area contributed by atoms with Crippen LogP contribution in [0.4, 0.5) is 5.82 Å². The van der Waals surface area contributed by atoms with Crippen LogP contribution in [-0.2, 0) is 10.8 Å². The highest BCUT2D eigenvalue weighted by Crippen LogP contribution is 2.30. The molecule has 2 rings (SSSR count). The van der Waals surface area contributed by atoms with Crippen molar-refractivity contribution < 1.29 is 8.95 Å². The van der Waals surface area contributed by atoms with Gasteiger partial charge in [-0.1, -0.05) is 27.7 Å². The molecule has 1 saturated heterocycles. The van der Waals surface area contributed by atoms with Crippen LogP contribution >= 0.6 is 0 Å². The van der Waals surface area contributed by atoms with Gasteiger partial charge in [0.1, 0.15) is 0 Å². The zero-order chi connectivity index (χ0) is 16.2. The first-order valence-corrected chi connectivity index (χ1v) is 9.41. The lowest BCUT2D eigenvalue weighted by atomic mass is 10.0. The monoisotopic (exact) mass is 325 g/mol. The Balaban J connectivity index is 2.14. The molecule has 0 aromatic carbocycles. The Morgan fingerprint density at radius 2 is 2.09 bits per heavy atom. The summed E-state index contributed by atoms with van der Waals surface area (Å²) >= 11 is 0. The van der Waals surface area contributed by atoms with E-state index in [0.29, 0.717) is 24.2 Å². The first-order chi connectivity index (χ1) is 10.5. The van der Waals surface area contributed by atoms with Gasteiger partial charge in [0, 0.05) is 29.6 Å². The molecule has 0 saturated carbocycles. The molecule has 0 amide bonds. The minimum atomic E-state index is -0.767. The van der Waals surface area contributed by atoms with Gasteiger partial charge in [-0.25, -0.2) is 0 Å². The van der Waals surface area contributed by atoms with Crippen molar-refractivity contribution in [3.8, 4) is 5.88 Å². The molecule has 1 atom stereocenters. The van der Waals surface area contributed by atoms with E-state index in [0.717, 1.165) is 31.7 Å². The van der Waals surface area contributed by atoms with Crippen LogP contribution in [0, 0.1) is 5.92 Å². The molecule has 0 N–H and O–H groups in total. The summed E-state index contributed by atoms with van der Waals surface area (Å²) in [5, 5.41) is 0. The van der Waals surface area contributed by atoms with Gasteiger partial charge in [0.25, 0.3) is 0 Å². The van der Waals surface area contributed by atoms with Crippen LogP contribution in [0.5, 0.6) is 5.88 Å². The molecule has 0 spiro atoms. The van der Waals surface area contributed by atoms with Gasteiger partial charge in [0.05, 0.1) is 23.7 Å². The molecule has 124 valence electrons. The zero-order valence-electron chi connectivity index (χ0n) is 14.0. The normalized spacial score (nSPS) is 21.1. The summed E-state index contributed by atoms with van der Waals surface area (Å²) in [4.78, 5) is 11.0. The van der Waals surface area contributed by atoms with E-state index in [1.165, 1.54) is 0 Å². The van der Waals surface area contributed by atoms with Gasteiger partial charge < -0.3 is 9.64 Å². The summed E-state index contributed by atoms with van der Waals surface area (Å²) < 4.78 is 18.0. The quantitative estimate of drug-likeness (QED) is 0.805. The first-order valence-electron chi connectivity index (χ1n) is 8.09. The van der Waals surface area contributed by atoms with Gasteiger partial charge in [-0.3, -0.25) is 9.19 Å². The second kappa shape index (κ2) is 7.40. The van der Waals surface area contributed by atoms with E-state index in [1.807, 2.05) is 0 Å². The summed E-state index contributed by atoms with van der Waals surface area (Å²) in [6.07, 6.45) is 5.26. The number of anilines is 1. The van der Waals surface area contributed by atoms with Crippen LogP contribution in [0.25, 0.3) is 0 Å². The third-order valence-electron chi connectivity index (χ3n) is 4.29. The molecule has 22 heavy (non-hydrogen) atoms. The van der Waals surface area contributed by atoms with E-state index in [1.54, 1.807) is 12.4 Å². The highest BCUT2D eigenvalue weighted by atomic mass is 32.2. The molecule has 1 aliphatic rings. The fourth-order valence-corrected chi connectivity index (χ4v) is 4.47. The number of rotatable bonds is 6. The molecule has 0 radical (unpaired) electrons. The lowest BCUT2D eigenvalue weighted by molar-refractivity contribution is 0.260. The van der Waals surface area contributed by atoms with Crippen molar-refractivity contribution in [2.45, 2.75) is 45.3 Å². The van der Waals surface area contributed by atoms with Crippen molar-refractivity contribution in [2.75, 3.05) is 30.3 Å². The van der Waals surface area contributed by atoms with Crippen LogP contribution in [0.2, 0.25) is 0 Å². The average Bonchev–Trinajstić information content (AvgIpc) is 2.54. The van der Waals surface area contributed by atoms with Crippen LogP contribution in [-0.4, -0.2) is 44.4 Å². The molecule has 2 heterocycles. The molecular weight excluding hydrogens is 298 g/mol. The van der Waals surface area contributed by atoms with Gasteiger partial charge in [-0.2, -0.15) is 4.98 Å². The molecule has 1 aromatic heterocycles. The Morgan fingerprint density at radius 3 is 2.73 bits per heavy atom. The smallest absolute Gasteiger partial charge is 0.234 e. The predicted molar refractivity (Wildman–Crippen MR) is 90.9 cm³/mol. The third kappa shape index (κ3) is 3.77. The van der Waals surface area contributed by atoms with Gasteiger partial charge in [-0.15, -0.1) is 0 Å². The van der Waals surface area contributed by atoms with Crippen molar-refractivity contribution in [2.24, 2.45) is 5.92 Å². The van der Waals surface area contributed by atoms with Gasteiger partial charge >= 0.3 is 0 Å². The number of ether oxygens (including phenoxy) is 1. The third-order valence-corrected chi connectivity index (χ3v) is 6.51. The van der Waals surface area contributed by atoms with Crippen molar-refractivity contribution in [1.82, 2.24) is 9.97 Å². The van der Waals surface area contributed by atoms with Gasteiger partial charge in [0.15, 0.2) is 5.82 Å². The highest BCUT2D eigenvalue weighted by molar-refractivity contribution is 7.86. The maximum Gasteiger partial charge on any atom is 0.234 e. The summed E-state index contributed by atoms with van der Waals surface area (Å²) in [7, 11) is -0.767. The molecule has 6 heteroatoms.